The third-order valence-electron chi connectivity index (χ3n) is 3.36. The van der Waals surface area contributed by atoms with E-state index in [1.807, 2.05) is 27.2 Å². The van der Waals surface area contributed by atoms with E-state index in [4.69, 9.17) is 0 Å². The minimum atomic E-state index is 0.171. The van der Waals surface area contributed by atoms with Crippen molar-refractivity contribution >= 4 is 24.2 Å². The van der Waals surface area contributed by atoms with E-state index >= 15 is 0 Å². The van der Waals surface area contributed by atoms with Crippen molar-refractivity contribution in [1.82, 2.24) is 4.90 Å². The van der Waals surface area contributed by atoms with Gasteiger partial charge in [-0.1, -0.05) is 12.1 Å². The molecule has 0 fully saturated rings. The highest BCUT2D eigenvalue weighted by atomic mass is 32.1. The average Bonchev–Trinajstić information content (AvgIpc) is 2.55. The third-order valence-corrected chi connectivity index (χ3v) is 3.71. The van der Waals surface area contributed by atoms with Crippen LogP contribution in [0.2, 0.25) is 0 Å². The molecule has 1 aromatic rings. The van der Waals surface area contributed by atoms with Crippen LogP contribution >= 0.6 is 12.6 Å². The van der Waals surface area contributed by atoms with E-state index in [0.717, 1.165) is 17.0 Å². The van der Waals surface area contributed by atoms with Crippen molar-refractivity contribution in [2.75, 3.05) is 31.8 Å². The number of fused-ring (bicyclic) bond motifs is 1. The number of carbonyl (C=O) groups is 1. The van der Waals surface area contributed by atoms with Gasteiger partial charge < -0.3 is 9.80 Å². The molecule has 0 saturated carbocycles. The molecule has 17 heavy (non-hydrogen) atoms. The first-order valence-corrected chi connectivity index (χ1v) is 6.34. The summed E-state index contributed by atoms with van der Waals surface area (Å²) in [6.45, 7) is 0. The minimum Gasteiger partial charge on any atom is -0.315 e. The van der Waals surface area contributed by atoms with Gasteiger partial charge >= 0.3 is 0 Å². The first-order valence-electron chi connectivity index (χ1n) is 5.71. The highest BCUT2D eigenvalue weighted by Crippen LogP contribution is 2.31. The monoisotopic (exact) mass is 250 g/mol. The van der Waals surface area contributed by atoms with Gasteiger partial charge in [0.2, 0.25) is 5.91 Å². The molecule has 0 spiro atoms. The van der Waals surface area contributed by atoms with Crippen LogP contribution in [-0.2, 0) is 11.2 Å². The van der Waals surface area contributed by atoms with E-state index in [1.54, 1.807) is 4.90 Å². The zero-order valence-electron chi connectivity index (χ0n) is 10.5. The first-order chi connectivity index (χ1) is 8.04. The summed E-state index contributed by atoms with van der Waals surface area (Å²) >= 11 is 4.39. The summed E-state index contributed by atoms with van der Waals surface area (Å²) in [6, 6.07) is 6.56. The summed E-state index contributed by atoms with van der Waals surface area (Å²) in [5.41, 5.74) is 3.39. The van der Waals surface area contributed by atoms with Gasteiger partial charge in [-0.3, -0.25) is 4.79 Å². The molecule has 0 saturated heterocycles. The lowest BCUT2D eigenvalue weighted by Crippen LogP contribution is -2.21. The number of likely N-dealkylation sites (N-methyl/N-ethyl adjacent to an activating group) is 1. The van der Waals surface area contributed by atoms with Gasteiger partial charge in [-0.15, -0.1) is 0 Å². The van der Waals surface area contributed by atoms with Crippen molar-refractivity contribution in [3.05, 3.63) is 29.3 Å². The number of anilines is 1. The average molecular weight is 250 g/mol. The van der Waals surface area contributed by atoms with Crippen LogP contribution in [0.15, 0.2) is 18.2 Å². The number of carbonyl (C=O) groups excluding carboxylic acids is 1. The lowest BCUT2D eigenvalue weighted by atomic mass is 10.0. The molecule has 1 aliphatic rings. The normalized spacial score (nSPS) is 16.5. The van der Waals surface area contributed by atoms with Crippen molar-refractivity contribution in [3.8, 4) is 0 Å². The lowest BCUT2D eigenvalue weighted by molar-refractivity contribution is -0.117. The molecule has 1 heterocycles. The predicted octanol–water partition coefficient (Wildman–Crippen LogP) is 1.74. The Morgan fingerprint density at radius 3 is 2.76 bits per heavy atom. The van der Waals surface area contributed by atoms with Crippen molar-refractivity contribution < 1.29 is 4.79 Å². The SMILES string of the molecule is CN1C(=O)Cc2cc(C(CS)N(C)C)ccc21. The van der Waals surface area contributed by atoms with Crippen LogP contribution < -0.4 is 4.90 Å². The number of benzene rings is 1. The third kappa shape index (κ3) is 2.19. The maximum atomic E-state index is 11.6. The molecular weight excluding hydrogens is 232 g/mol. The molecule has 0 N–H and O–H groups in total. The van der Waals surface area contributed by atoms with Gasteiger partial charge in [-0.2, -0.15) is 12.6 Å². The molecule has 3 nitrogen and oxygen atoms in total. The van der Waals surface area contributed by atoms with E-state index < -0.39 is 0 Å². The zero-order chi connectivity index (χ0) is 12.6. The van der Waals surface area contributed by atoms with Gasteiger partial charge in [0.05, 0.1) is 6.42 Å². The van der Waals surface area contributed by atoms with Gasteiger partial charge in [0.25, 0.3) is 0 Å². The summed E-state index contributed by atoms with van der Waals surface area (Å²) in [5, 5.41) is 0. The summed E-state index contributed by atoms with van der Waals surface area (Å²) in [6.07, 6.45) is 0.520. The van der Waals surface area contributed by atoms with Gasteiger partial charge in [0, 0.05) is 24.5 Å². The van der Waals surface area contributed by atoms with Gasteiger partial charge in [-0.25, -0.2) is 0 Å². The molecule has 0 aromatic heterocycles. The quantitative estimate of drug-likeness (QED) is 0.826. The molecular formula is C13H18N2OS. The Labute approximate surface area is 108 Å². The van der Waals surface area contributed by atoms with Crippen LogP contribution in [0.5, 0.6) is 0 Å². The first kappa shape index (κ1) is 12.5. The smallest absolute Gasteiger partial charge is 0.231 e. The van der Waals surface area contributed by atoms with Crippen molar-refractivity contribution in [2.45, 2.75) is 12.5 Å². The Bertz CT molecular complexity index is 445. The molecule has 0 bridgehead atoms. The van der Waals surface area contributed by atoms with Crippen molar-refractivity contribution in [2.24, 2.45) is 0 Å². The minimum absolute atomic E-state index is 0.171. The molecule has 0 aliphatic carbocycles. The fourth-order valence-electron chi connectivity index (χ4n) is 2.26. The van der Waals surface area contributed by atoms with Crippen LogP contribution in [0.1, 0.15) is 17.2 Å². The summed E-state index contributed by atoms with van der Waals surface area (Å²) in [7, 11) is 5.92. The Morgan fingerprint density at radius 1 is 1.47 bits per heavy atom. The standard InChI is InChI=1S/C13H18N2OS/c1-14(2)12(8-17)9-4-5-11-10(6-9)7-13(16)15(11)3/h4-6,12,17H,7-8H2,1-3H3. The van der Waals surface area contributed by atoms with Gasteiger partial charge in [0.1, 0.15) is 0 Å². The second-order valence-corrected chi connectivity index (χ2v) is 5.04. The predicted molar refractivity (Wildman–Crippen MR) is 73.8 cm³/mol. The molecule has 4 heteroatoms. The molecule has 1 unspecified atom stereocenters. The Hall–Kier alpha value is -1.00. The Balaban J connectivity index is 2.35. The van der Waals surface area contributed by atoms with Crippen LogP contribution in [0.3, 0.4) is 0 Å². The summed E-state index contributed by atoms with van der Waals surface area (Å²) < 4.78 is 0. The number of thiol groups is 1. The van der Waals surface area contributed by atoms with E-state index in [0.29, 0.717) is 12.5 Å². The Kier molecular flexibility index (Phi) is 3.45. The summed E-state index contributed by atoms with van der Waals surface area (Å²) in [4.78, 5) is 15.5. The van der Waals surface area contributed by atoms with Crippen LogP contribution in [0.4, 0.5) is 5.69 Å². The number of hydrogen-bond acceptors (Lipinski definition) is 3. The molecule has 1 atom stereocenters. The van der Waals surface area contributed by atoms with E-state index in [2.05, 4.69) is 29.7 Å². The molecule has 1 amide bonds. The van der Waals surface area contributed by atoms with Gasteiger partial charge in [-0.05, 0) is 31.3 Å². The van der Waals surface area contributed by atoms with E-state index in [9.17, 15) is 4.79 Å². The van der Waals surface area contributed by atoms with Crippen LogP contribution in [-0.4, -0.2) is 37.7 Å². The second-order valence-electron chi connectivity index (χ2n) is 4.68. The lowest BCUT2D eigenvalue weighted by Gasteiger charge is -2.23. The second kappa shape index (κ2) is 4.70. The van der Waals surface area contributed by atoms with Crippen LogP contribution in [0, 0.1) is 0 Å². The van der Waals surface area contributed by atoms with Crippen molar-refractivity contribution in [3.63, 3.8) is 0 Å². The Morgan fingerprint density at radius 2 is 2.18 bits per heavy atom. The number of rotatable bonds is 3. The molecule has 1 aromatic carbocycles. The largest absolute Gasteiger partial charge is 0.315 e. The zero-order valence-corrected chi connectivity index (χ0v) is 11.4. The summed E-state index contributed by atoms with van der Waals surface area (Å²) in [5.74, 6) is 0.944. The number of hydrogen-bond donors (Lipinski definition) is 1. The van der Waals surface area contributed by atoms with E-state index in [-0.39, 0.29) is 5.91 Å². The van der Waals surface area contributed by atoms with Gasteiger partial charge in [0.15, 0.2) is 0 Å². The molecule has 1 aliphatic heterocycles. The molecule has 92 valence electrons. The van der Waals surface area contributed by atoms with Crippen molar-refractivity contribution in [1.29, 1.82) is 0 Å². The number of nitrogens with zero attached hydrogens (tertiary/aromatic N) is 2. The maximum Gasteiger partial charge on any atom is 0.231 e. The van der Waals surface area contributed by atoms with Crippen LogP contribution in [0.25, 0.3) is 0 Å². The molecule has 0 radical (unpaired) electrons. The highest BCUT2D eigenvalue weighted by molar-refractivity contribution is 7.80. The van der Waals surface area contributed by atoms with E-state index in [1.165, 1.54) is 5.56 Å². The fraction of sp³-hybridized carbons (Fsp3) is 0.462. The maximum absolute atomic E-state index is 11.6. The highest BCUT2D eigenvalue weighted by Gasteiger charge is 2.25. The molecule has 2 rings (SSSR count). The topological polar surface area (TPSA) is 23.6 Å². The number of amides is 1. The fourth-order valence-corrected chi connectivity index (χ4v) is 2.80.